The summed E-state index contributed by atoms with van der Waals surface area (Å²) in [5.41, 5.74) is -3.66. The molecule has 180 valence electrons. The molecule has 34 heavy (non-hydrogen) atoms. The molecule has 2 aromatic carbocycles. The first kappa shape index (κ1) is 24.7. The Morgan fingerprint density at radius 3 is 1.53 bits per heavy atom. The minimum atomic E-state index is -2.78. The number of hydrogen-bond acceptors (Lipinski definition) is 6. The lowest BCUT2D eigenvalue weighted by Gasteiger charge is -2.21. The van der Waals surface area contributed by atoms with Crippen molar-refractivity contribution in [2.24, 2.45) is 5.92 Å². The zero-order valence-electron chi connectivity index (χ0n) is 16.6. The first-order valence-corrected chi connectivity index (χ1v) is 8.70. The maximum Gasteiger partial charge on any atom is 0.330 e. The van der Waals surface area contributed by atoms with Crippen molar-refractivity contribution < 1.29 is 63.7 Å². The van der Waals surface area contributed by atoms with Gasteiger partial charge >= 0.3 is 5.97 Å². The summed E-state index contributed by atoms with van der Waals surface area (Å²) in [6, 6.07) is 0. The normalized spacial score (nSPS) is 15.7. The average molecular weight is 496 g/mol. The van der Waals surface area contributed by atoms with Gasteiger partial charge in [-0.1, -0.05) is 0 Å². The predicted molar refractivity (Wildman–Crippen MR) is 92.5 cm³/mol. The van der Waals surface area contributed by atoms with Crippen LogP contribution in [-0.2, 0) is 14.3 Å². The van der Waals surface area contributed by atoms with E-state index in [1.807, 2.05) is 0 Å². The monoisotopic (exact) mass is 496 g/mol. The zero-order chi connectivity index (χ0) is 25.6. The molecule has 0 amide bonds. The maximum absolute atomic E-state index is 14.2. The van der Waals surface area contributed by atoms with E-state index >= 15 is 0 Å². The van der Waals surface area contributed by atoms with Crippen molar-refractivity contribution in [3.8, 4) is 11.5 Å². The lowest BCUT2D eigenvalue weighted by atomic mass is 9.90. The van der Waals surface area contributed by atoms with Gasteiger partial charge in [0.05, 0.1) is 25.3 Å². The number of ether oxygens (including phenoxy) is 3. The van der Waals surface area contributed by atoms with Crippen LogP contribution in [0.25, 0.3) is 5.76 Å². The van der Waals surface area contributed by atoms with Crippen molar-refractivity contribution in [1.29, 1.82) is 0 Å². The summed E-state index contributed by atoms with van der Waals surface area (Å²) in [5, 5.41) is 0. The van der Waals surface area contributed by atoms with Crippen LogP contribution < -0.4 is 9.47 Å². The van der Waals surface area contributed by atoms with Gasteiger partial charge in [-0.05, 0) is 0 Å². The molecule has 0 N–H and O–H groups in total. The molecule has 0 saturated carbocycles. The van der Waals surface area contributed by atoms with Crippen molar-refractivity contribution in [1.82, 2.24) is 0 Å². The molecular formula is C20H8F8O6. The fourth-order valence-corrected chi connectivity index (χ4v) is 3.04. The van der Waals surface area contributed by atoms with E-state index < -0.39 is 98.4 Å². The Morgan fingerprint density at radius 1 is 0.735 bits per heavy atom. The number of ketones is 2. The maximum atomic E-state index is 14.2. The Morgan fingerprint density at radius 2 is 1.15 bits per heavy atom. The molecule has 0 fully saturated rings. The van der Waals surface area contributed by atoms with Gasteiger partial charge in [-0.25, -0.2) is 17.6 Å². The molecule has 0 unspecified atom stereocenters. The summed E-state index contributed by atoms with van der Waals surface area (Å²) in [6.07, 6.45) is 0.0306. The smallest absolute Gasteiger partial charge is 0.330 e. The largest absolute Gasteiger partial charge is 0.491 e. The molecule has 1 heterocycles. The molecule has 14 heteroatoms. The van der Waals surface area contributed by atoms with E-state index in [0.717, 1.165) is 0 Å². The second-order valence-corrected chi connectivity index (χ2v) is 6.46. The fraction of sp³-hybridized carbons (Fsp3) is 0.150. The van der Waals surface area contributed by atoms with Crippen LogP contribution in [0.5, 0.6) is 11.5 Å². The molecule has 2 aromatic rings. The molecule has 0 radical (unpaired) electrons. The third-order valence-corrected chi connectivity index (χ3v) is 4.61. The second kappa shape index (κ2) is 8.76. The van der Waals surface area contributed by atoms with Crippen molar-refractivity contribution in [3.63, 3.8) is 0 Å². The molecule has 1 aliphatic rings. The number of Topliss-reactive ketones (excluding diaryl/α,β-unsaturated/α-hetero) is 1. The highest BCUT2D eigenvalue weighted by Gasteiger charge is 2.44. The molecule has 1 atom stereocenters. The Labute approximate surface area is 183 Å². The van der Waals surface area contributed by atoms with E-state index in [1.165, 1.54) is 0 Å². The van der Waals surface area contributed by atoms with E-state index in [-0.39, 0.29) is 6.08 Å². The van der Waals surface area contributed by atoms with Crippen LogP contribution in [0.15, 0.2) is 6.08 Å². The van der Waals surface area contributed by atoms with Gasteiger partial charge in [0.25, 0.3) is 0 Å². The van der Waals surface area contributed by atoms with Gasteiger partial charge in [0.2, 0.25) is 23.3 Å². The number of hydrogen-bond donors (Lipinski definition) is 0. The van der Waals surface area contributed by atoms with Gasteiger partial charge < -0.3 is 14.2 Å². The summed E-state index contributed by atoms with van der Waals surface area (Å²) in [4.78, 5) is 37.0. The Kier molecular flexibility index (Phi) is 6.35. The zero-order valence-corrected chi connectivity index (χ0v) is 16.6. The van der Waals surface area contributed by atoms with Crippen molar-refractivity contribution >= 4 is 23.3 Å². The van der Waals surface area contributed by atoms with Gasteiger partial charge in [0.15, 0.2) is 52.3 Å². The van der Waals surface area contributed by atoms with Crippen LogP contribution in [0.3, 0.4) is 0 Å². The Hall–Kier alpha value is -3.97. The topological polar surface area (TPSA) is 78.9 Å². The second-order valence-electron chi connectivity index (χ2n) is 6.46. The highest BCUT2D eigenvalue weighted by molar-refractivity contribution is 6.28. The number of allylic oxidation sites excluding steroid dienone is 1. The van der Waals surface area contributed by atoms with Crippen molar-refractivity contribution in [3.05, 3.63) is 63.7 Å². The quantitative estimate of drug-likeness (QED) is 0.206. The van der Waals surface area contributed by atoms with Gasteiger partial charge in [-0.2, -0.15) is 17.6 Å². The van der Waals surface area contributed by atoms with Crippen molar-refractivity contribution in [2.75, 3.05) is 14.2 Å². The van der Waals surface area contributed by atoms with Gasteiger partial charge in [0, 0.05) is 6.08 Å². The van der Waals surface area contributed by atoms with Crippen LogP contribution in [0, 0.1) is 52.5 Å². The lowest BCUT2D eigenvalue weighted by molar-refractivity contribution is -0.144. The summed E-state index contributed by atoms with van der Waals surface area (Å²) >= 11 is 0. The minimum Gasteiger partial charge on any atom is -0.491 e. The van der Waals surface area contributed by atoms with Crippen LogP contribution in [0.4, 0.5) is 35.1 Å². The van der Waals surface area contributed by atoms with Crippen LogP contribution >= 0.6 is 0 Å². The summed E-state index contributed by atoms with van der Waals surface area (Å²) in [7, 11) is 1.34. The molecule has 0 aliphatic carbocycles. The molecule has 1 aliphatic heterocycles. The van der Waals surface area contributed by atoms with E-state index in [9.17, 15) is 49.5 Å². The van der Waals surface area contributed by atoms with E-state index in [4.69, 9.17) is 0 Å². The molecule has 3 rings (SSSR count). The first-order chi connectivity index (χ1) is 15.9. The first-order valence-electron chi connectivity index (χ1n) is 8.70. The van der Waals surface area contributed by atoms with Crippen LogP contribution in [0.1, 0.15) is 15.9 Å². The molecule has 0 saturated heterocycles. The molecular weight excluding hydrogens is 488 g/mol. The third-order valence-electron chi connectivity index (χ3n) is 4.61. The number of cyclic esters (lactones) is 1. The van der Waals surface area contributed by atoms with E-state index in [1.54, 1.807) is 0 Å². The van der Waals surface area contributed by atoms with Gasteiger partial charge in [-0.3, -0.25) is 14.4 Å². The Balaban J connectivity index is 2.11. The molecule has 0 spiro atoms. The summed E-state index contributed by atoms with van der Waals surface area (Å²) < 4.78 is 125. The lowest BCUT2D eigenvalue weighted by Crippen LogP contribution is -2.37. The average Bonchev–Trinajstić information content (AvgIpc) is 2.77. The minimum absolute atomic E-state index is 0.0306. The number of esters is 1. The van der Waals surface area contributed by atoms with E-state index in [2.05, 4.69) is 14.2 Å². The predicted octanol–water partition coefficient (Wildman–Crippen LogP) is 3.78. The number of carbonyl (C=O) groups is 3. The Bertz CT molecular complexity index is 1240. The molecule has 6 nitrogen and oxygen atoms in total. The van der Waals surface area contributed by atoms with Crippen molar-refractivity contribution in [2.45, 2.75) is 0 Å². The third kappa shape index (κ3) is 3.54. The number of methoxy groups -OCH3 is 2. The summed E-state index contributed by atoms with van der Waals surface area (Å²) in [6.45, 7) is 0. The summed E-state index contributed by atoms with van der Waals surface area (Å²) in [5.74, 6) is -30.4. The number of rotatable bonds is 5. The van der Waals surface area contributed by atoms with Gasteiger partial charge in [0.1, 0.15) is 5.76 Å². The number of halogens is 8. The van der Waals surface area contributed by atoms with Gasteiger partial charge in [-0.15, -0.1) is 0 Å². The molecule has 0 bridgehead atoms. The number of carbonyl (C=O) groups excluding carboxylic acids is 3. The highest BCUT2D eigenvalue weighted by Crippen LogP contribution is 2.37. The fourth-order valence-electron chi connectivity index (χ4n) is 3.04. The molecule has 0 aromatic heterocycles. The van der Waals surface area contributed by atoms with Crippen LogP contribution in [-0.4, -0.2) is 31.8 Å². The standard InChI is InChI=1S/C20H8F8O6/c1-32-18-13(25)9(21)7(10(22)14(18)26)5-3-4(29)6(20(31)34-5)17(30)8-11(23)15(27)19(33-2)16(28)12(8)24/h3,6H,1-2H3/t6-/m0/s1. The SMILES string of the molecule is COc1c(F)c(F)c(C(=O)[C@@H]2C(=O)C=C(c3c(F)c(F)c(OC)c(F)c3F)OC2=O)c(F)c1F. The number of benzene rings is 2. The van der Waals surface area contributed by atoms with Crippen LogP contribution in [0.2, 0.25) is 0 Å². The van der Waals surface area contributed by atoms with E-state index in [0.29, 0.717) is 14.2 Å². The highest BCUT2D eigenvalue weighted by atomic mass is 19.2.